The van der Waals surface area contributed by atoms with Crippen LogP contribution in [0, 0.1) is 13.8 Å². The Balaban J connectivity index is 1.68. The van der Waals surface area contributed by atoms with E-state index in [-0.39, 0.29) is 18.2 Å². The summed E-state index contributed by atoms with van der Waals surface area (Å²) in [5.41, 5.74) is 5.36. The smallest absolute Gasteiger partial charge is 0.228 e. The molecule has 0 aliphatic rings. The molecule has 134 valence electrons. The molecule has 5 heteroatoms. The van der Waals surface area contributed by atoms with Crippen LogP contribution < -0.4 is 10.6 Å². The van der Waals surface area contributed by atoms with Gasteiger partial charge < -0.3 is 15.1 Å². The van der Waals surface area contributed by atoms with Gasteiger partial charge in [-0.1, -0.05) is 19.1 Å². The van der Waals surface area contributed by atoms with Crippen LogP contribution in [0.2, 0.25) is 0 Å². The standard InChI is InChI=1S/C21H22N2O3/c1-4-19(24)22-16-6-8-17(9-7-16)23-20(25)11-15-12-26-21-14(3)13(2)5-10-18(15)21/h5-10,12H,4,11H2,1-3H3,(H,22,24)(H,23,25). The van der Waals surface area contributed by atoms with Gasteiger partial charge in [0.05, 0.1) is 12.7 Å². The molecule has 0 radical (unpaired) electrons. The highest BCUT2D eigenvalue weighted by Crippen LogP contribution is 2.27. The maximum atomic E-state index is 12.4. The van der Waals surface area contributed by atoms with Gasteiger partial charge in [0.2, 0.25) is 11.8 Å². The number of amides is 2. The molecular weight excluding hydrogens is 328 g/mol. The quantitative estimate of drug-likeness (QED) is 0.707. The van der Waals surface area contributed by atoms with Gasteiger partial charge in [0, 0.05) is 28.7 Å². The van der Waals surface area contributed by atoms with E-state index < -0.39 is 0 Å². The second kappa shape index (κ2) is 7.44. The van der Waals surface area contributed by atoms with Crippen LogP contribution in [0.5, 0.6) is 0 Å². The van der Waals surface area contributed by atoms with Crippen molar-refractivity contribution >= 4 is 34.2 Å². The summed E-state index contributed by atoms with van der Waals surface area (Å²) in [7, 11) is 0. The first-order chi connectivity index (χ1) is 12.5. The first-order valence-electron chi connectivity index (χ1n) is 8.64. The van der Waals surface area contributed by atoms with Crippen LogP contribution in [0.15, 0.2) is 47.1 Å². The number of benzene rings is 2. The lowest BCUT2D eigenvalue weighted by molar-refractivity contribution is -0.116. The molecule has 3 rings (SSSR count). The number of furan rings is 1. The Kier molecular flexibility index (Phi) is 5.07. The zero-order valence-corrected chi connectivity index (χ0v) is 15.2. The zero-order chi connectivity index (χ0) is 18.7. The Hall–Kier alpha value is -3.08. The molecule has 3 aromatic rings. The van der Waals surface area contributed by atoms with Crippen molar-refractivity contribution in [3.05, 3.63) is 59.4 Å². The fourth-order valence-corrected chi connectivity index (χ4v) is 2.79. The molecule has 0 unspecified atom stereocenters. The molecule has 0 spiro atoms. The molecule has 0 aliphatic heterocycles. The maximum absolute atomic E-state index is 12.4. The van der Waals surface area contributed by atoms with Gasteiger partial charge in [-0.15, -0.1) is 0 Å². The van der Waals surface area contributed by atoms with Gasteiger partial charge in [0.1, 0.15) is 5.58 Å². The van der Waals surface area contributed by atoms with Crippen molar-refractivity contribution in [2.24, 2.45) is 0 Å². The lowest BCUT2D eigenvalue weighted by Gasteiger charge is -2.07. The topological polar surface area (TPSA) is 71.3 Å². The number of hydrogen-bond donors (Lipinski definition) is 2. The maximum Gasteiger partial charge on any atom is 0.228 e. The van der Waals surface area contributed by atoms with E-state index in [0.717, 1.165) is 27.7 Å². The number of fused-ring (bicyclic) bond motifs is 1. The molecule has 26 heavy (non-hydrogen) atoms. The summed E-state index contributed by atoms with van der Waals surface area (Å²) in [6.07, 6.45) is 2.32. The van der Waals surface area contributed by atoms with Crippen LogP contribution in [0.4, 0.5) is 11.4 Å². The van der Waals surface area contributed by atoms with Gasteiger partial charge in [0.15, 0.2) is 0 Å². The van der Waals surface area contributed by atoms with Crippen molar-refractivity contribution in [1.82, 2.24) is 0 Å². The average molecular weight is 350 g/mol. The molecule has 1 aromatic heterocycles. The lowest BCUT2D eigenvalue weighted by atomic mass is 10.0. The molecule has 0 fully saturated rings. The number of carbonyl (C=O) groups excluding carboxylic acids is 2. The van der Waals surface area contributed by atoms with Crippen molar-refractivity contribution in [2.45, 2.75) is 33.6 Å². The minimum atomic E-state index is -0.115. The van der Waals surface area contributed by atoms with Crippen molar-refractivity contribution in [2.75, 3.05) is 10.6 Å². The van der Waals surface area contributed by atoms with Gasteiger partial charge in [-0.05, 0) is 49.2 Å². The van der Waals surface area contributed by atoms with E-state index >= 15 is 0 Å². The number of anilines is 2. The fraction of sp³-hybridized carbons (Fsp3) is 0.238. The summed E-state index contributed by atoms with van der Waals surface area (Å²) in [6, 6.07) is 11.1. The summed E-state index contributed by atoms with van der Waals surface area (Å²) in [6.45, 7) is 5.85. The van der Waals surface area contributed by atoms with Crippen LogP contribution in [-0.2, 0) is 16.0 Å². The van der Waals surface area contributed by atoms with Gasteiger partial charge >= 0.3 is 0 Å². The summed E-state index contributed by atoms with van der Waals surface area (Å²) in [5.74, 6) is -0.157. The van der Waals surface area contributed by atoms with Gasteiger partial charge in [-0.25, -0.2) is 0 Å². The largest absolute Gasteiger partial charge is 0.464 e. The minimum Gasteiger partial charge on any atom is -0.464 e. The fourth-order valence-electron chi connectivity index (χ4n) is 2.79. The number of hydrogen-bond acceptors (Lipinski definition) is 3. The van der Waals surface area contributed by atoms with Crippen molar-refractivity contribution < 1.29 is 14.0 Å². The highest BCUT2D eigenvalue weighted by Gasteiger charge is 2.13. The second-order valence-corrected chi connectivity index (χ2v) is 6.35. The van der Waals surface area contributed by atoms with Crippen LogP contribution >= 0.6 is 0 Å². The monoisotopic (exact) mass is 350 g/mol. The molecule has 2 aromatic carbocycles. The molecular formula is C21H22N2O3. The SMILES string of the molecule is CCC(=O)Nc1ccc(NC(=O)Cc2coc3c(C)c(C)ccc23)cc1. The Labute approximate surface area is 152 Å². The van der Waals surface area contributed by atoms with Crippen LogP contribution in [0.25, 0.3) is 11.0 Å². The highest BCUT2D eigenvalue weighted by molar-refractivity contribution is 5.96. The first-order valence-corrected chi connectivity index (χ1v) is 8.64. The zero-order valence-electron chi connectivity index (χ0n) is 15.2. The molecule has 1 heterocycles. The van der Waals surface area contributed by atoms with E-state index in [4.69, 9.17) is 4.42 Å². The molecule has 0 saturated heterocycles. The summed E-state index contributed by atoms with van der Waals surface area (Å²) >= 11 is 0. The van der Waals surface area contributed by atoms with Crippen molar-refractivity contribution in [1.29, 1.82) is 0 Å². The minimum absolute atomic E-state index is 0.0425. The van der Waals surface area contributed by atoms with E-state index in [9.17, 15) is 9.59 Å². The summed E-state index contributed by atoms with van der Waals surface area (Å²) in [4.78, 5) is 23.7. The summed E-state index contributed by atoms with van der Waals surface area (Å²) < 4.78 is 5.65. The predicted molar refractivity (Wildman–Crippen MR) is 103 cm³/mol. The Morgan fingerprint density at radius 3 is 2.15 bits per heavy atom. The normalized spacial score (nSPS) is 10.7. The van der Waals surface area contributed by atoms with E-state index in [1.54, 1.807) is 37.5 Å². The molecule has 0 saturated carbocycles. The Morgan fingerprint density at radius 2 is 1.54 bits per heavy atom. The highest BCUT2D eigenvalue weighted by atomic mass is 16.3. The molecule has 0 bridgehead atoms. The van der Waals surface area contributed by atoms with Crippen molar-refractivity contribution in [3.8, 4) is 0 Å². The molecule has 5 nitrogen and oxygen atoms in total. The predicted octanol–water partition coefficient (Wildman–Crippen LogP) is 4.58. The van der Waals surface area contributed by atoms with Crippen LogP contribution in [0.1, 0.15) is 30.0 Å². The summed E-state index contributed by atoms with van der Waals surface area (Å²) in [5, 5.41) is 6.62. The molecule has 0 atom stereocenters. The number of rotatable bonds is 5. The van der Waals surface area contributed by atoms with Gasteiger partial charge in [0.25, 0.3) is 0 Å². The first kappa shape index (κ1) is 17.7. The van der Waals surface area contributed by atoms with E-state index in [1.807, 2.05) is 26.0 Å². The van der Waals surface area contributed by atoms with E-state index in [0.29, 0.717) is 17.8 Å². The molecule has 0 aliphatic carbocycles. The third kappa shape index (κ3) is 3.77. The van der Waals surface area contributed by atoms with E-state index in [2.05, 4.69) is 10.6 Å². The Morgan fingerprint density at radius 1 is 0.923 bits per heavy atom. The van der Waals surface area contributed by atoms with Crippen LogP contribution in [0.3, 0.4) is 0 Å². The van der Waals surface area contributed by atoms with Crippen LogP contribution in [-0.4, -0.2) is 11.8 Å². The molecule has 2 amide bonds. The number of aryl methyl sites for hydroxylation is 2. The third-order valence-corrected chi connectivity index (χ3v) is 4.47. The van der Waals surface area contributed by atoms with Crippen molar-refractivity contribution in [3.63, 3.8) is 0 Å². The average Bonchev–Trinajstić information content (AvgIpc) is 3.03. The number of nitrogens with one attached hydrogen (secondary N) is 2. The molecule has 2 N–H and O–H groups in total. The van der Waals surface area contributed by atoms with E-state index in [1.165, 1.54) is 0 Å². The number of carbonyl (C=O) groups is 2. The lowest BCUT2D eigenvalue weighted by Crippen LogP contribution is -2.14. The second-order valence-electron chi connectivity index (χ2n) is 6.35. The Bertz CT molecular complexity index is 955. The third-order valence-electron chi connectivity index (χ3n) is 4.47. The van der Waals surface area contributed by atoms with Gasteiger partial charge in [-0.3, -0.25) is 9.59 Å². The van der Waals surface area contributed by atoms with Gasteiger partial charge in [-0.2, -0.15) is 0 Å².